The van der Waals surface area contributed by atoms with E-state index in [1.165, 1.54) is 12.1 Å². The molecule has 2 aliphatic rings. The average Bonchev–Trinajstić information content (AvgIpc) is 3.11. The Labute approximate surface area is 170 Å². The van der Waals surface area contributed by atoms with E-state index in [9.17, 15) is 9.18 Å². The topological polar surface area (TPSA) is 59.4 Å². The summed E-state index contributed by atoms with van der Waals surface area (Å²) in [6.07, 6.45) is 4.42. The monoisotopic (exact) mass is 398 g/mol. The fraction of sp³-hybridized carbons (Fsp3) is 0.455. The number of hydrogen-bond donors (Lipinski definition) is 1. The highest BCUT2D eigenvalue weighted by Crippen LogP contribution is 2.26. The Morgan fingerprint density at radius 1 is 1.31 bits per heavy atom. The molecule has 1 amide bonds. The summed E-state index contributed by atoms with van der Waals surface area (Å²) in [4.78, 5) is 15.0. The zero-order chi connectivity index (χ0) is 20.2. The van der Waals surface area contributed by atoms with Crippen LogP contribution in [0.2, 0.25) is 0 Å². The van der Waals surface area contributed by atoms with Crippen molar-refractivity contribution in [3.05, 3.63) is 65.3 Å². The van der Waals surface area contributed by atoms with Crippen molar-refractivity contribution in [3.63, 3.8) is 0 Å². The molecule has 1 aliphatic heterocycles. The quantitative estimate of drug-likeness (QED) is 0.759. The number of nitrogens with zero attached hydrogens (tertiary/aromatic N) is 3. The number of fused-ring (bicyclic) bond motifs is 1. The average molecular weight is 398 g/mol. The summed E-state index contributed by atoms with van der Waals surface area (Å²) in [5.41, 5.74) is 3.80. The number of amides is 1. The third kappa shape index (κ3) is 4.41. The minimum Gasteiger partial charge on any atom is -0.378 e. The van der Waals surface area contributed by atoms with E-state index in [1.807, 2.05) is 15.7 Å². The molecule has 1 aromatic carbocycles. The normalized spacial score (nSPS) is 19.1. The van der Waals surface area contributed by atoms with Crippen molar-refractivity contribution < 1.29 is 13.9 Å². The molecule has 1 fully saturated rings. The van der Waals surface area contributed by atoms with Gasteiger partial charge in [0, 0.05) is 36.9 Å². The van der Waals surface area contributed by atoms with Gasteiger partial charge in [-0.05, 0) is 37.0 Å². The van der Waals surface area contributed by atoms with Crippen LogP contribution in [0.1, 0.15) is 33.7 Å². The Morgan fingerprint density at radius 3 is 2.79 bits per heavy atom. The van der Waals surface area contributed by atoms with Crippen LogP contribution in [0.3, 0.4) is 0 Å². The van der Waals surface area contributed by atoms with Gasteiger partial charge in [-0.15, -0.1) is 6.58 Å². The maximum Gasteiger partial charge on any atom is 0.274 e. The molecule has 1 atom stereocenters. The Hall–Kier alpha value is -2.51. The van der Waals surface area contributed by atoms with Crippen molar-refractivity contribution in [1.29, 1.82) is 0 Å². The summed E-state index contributed by atoms with van der Waals surface area (Å²) in [5.74, 6) is -0.233. The van der Waals surface area contributed by atoms with Crippen LogP contribution in [0.25, 0.3) is 0 Å². The van der Waals surface area contributed by atoms with Gasteiger partial charge in [0.15, 0.2) is 5.69 Å². The summed E-state index contributed by atoms with van der Waals surface area (Å²) < 4.78 is 20.4. The lowest BCUT2D eigenvalue weighted by Gasteiger charge is -2.28. The van der Waals surface area contributed by atoms with E-state index in [4.69, 9.17) is 4.74 Å². The van der Waals surface area contributed by atoms with Gasteiger partial charge in [0.05, 0.1) is 19.8 Å². The lowest BCUT2D eigenvalue weighted by molar-refractivity contribution is 0.0297. The van der Waals surface area contributed by atoms with Crippen LogP contribution < -0.4 is 5.32 Å². The summed E-state index contributed by atoms with van der Waals surface area (Å²) >= 11 is 0. The molecule has 2 heterocycles. The van der Waals surface area contributed by atoms with Gasteiger partial charge in [0.25, 0.3) is 5.91 Å². The molecule has 154 valence electrons. The first kappa shape index (κ1) is 19.8. The molecular weight excluding hydrogens is 371 g/mol. The third-order valence-corrected chi connectivity index (χ3v) is 5.66. The standard InChI is InChI=1S/C22H27FN4O2/c1-2-9-27-20-8-7-18(24-15-16-3-5-17(23)6-4-16)14-19(20)21(25-27)22(28)26-10-12-29-13-11-26/h2-6,18,24H,1,7-15H2. The first-order valence-electron chi connectivity index (χ1n) is 10.2. The Morgan fingerprint density at radius 2 is 2.07 bits per heavy atom. The van der Waals surface area contributed by atoms with E-state index in [-0.39, 0.29) is 17.8 Å². The van der Waals surface area contributed by atoms with Gasteiger partial charge in [0.2, 0.25) is 0 Å². The van der Waals surface area contributed by atoms with Crippen molar-refractivity contribution in [1.82, 2.24) is 20.0 Å². The van der Waals surface area contributed by atoms with Gasteiger partial charge >= 0.3 is 0 Å². The largest absolute Gasteiger partial charge is 0.378 e. The van der Waals surface area contributed by atoms with Gasteiger partial charge in [-0.3, -0.25) is 9.48 Å². The number of benzene rings is 1. The first-order chi connectivity index (χ1) is 14.2. The molecule has 1 aromatic heterocycles. The molecule has 0 bridgehead atoms. The van der Waals surface area contributed by atoms with Crippen LogP contribution in [0.4, 0.5) is 4.39 Å². The third-order valence-electron chi connectivity index (χ3n) is 5.66. The summed E-state index contributed by atoms with van der Waals surface area (Å²) in [5, 5.41) is 8.22. The Bertz CT molecular complexity index is 872. The highest BCUT2D eigenvalue weighted by Gasteiger charge is 2.31. The molecule has 1 unspecified atom stereocenters. The molecule has 0 spiro atoms. The van der Waals surface area contributed by atoms with Gasteiger partial charge in [-0.25, -0.2) is 4.39 Å². The smallest absolute Gasteiger partial charge is 0.274 e. The van der Waals surface area contributed by atoms with Crippen LogP contribution in [-0.2, 0) is 30.7 Å². The van der Waals surface area contributed by atoms with Gasteiger partial charge in [-0.2, -0.15) is 5.10 Å². The van der Waals surface area contributed by atoms with E-state index in [0.29, 0.717) is 45.1 Å². The minimum atomic E-state index is -0.225. The van der Waals surface area contributed by atoms with Crippen LogP contribution >= 0.6 is 0 Å². The number of nitrogens with one attached hydrogen (secondary N) is 1. The first-order valence-corrected chi connectivity index (χ1v) is 10.2. The molecule has 6 nitrogen and oxygen atoms in total. The molecule has 0 saturated carbocycles. The fourth-order valence-electron chi connectivity index (χ4n) is 4.09. The van der Waals surface area contributed by atoms with Gasteiger partial charge < -0.3 is 15.0 Å². The van der Waals surface area contributed by atoms with Crippen LogP contribution in [0, 0.1) is 5.82 Å². The van der Waals surface area contributed by atoms with Crippen LogP contribution in [-0.4, -0.2) is 52.9 Å². The molecule has 2 aromatic rings. The highest BCUT2D eigenvalue weighted by molar-refractivity contribution is 5.94. The fourth-order valence-corrected chi connectivity index (χ4v) is 4.09. The lowest BCUT2D eigenvalue weighted by Crippen LogP contribution is -2.41. The number of allylic oxidation sites excluding steroid dienone is 1. The van der Waals surface area contributed by atoms with Crippen molar-refractivity contribution >= 4 is 5.91 Å². The second-order valence-corrected chi connectivity index (χ2v) is 7.60. The minimum absolute atomic E-state index is 0.00783. The molecule has 4 rings (SSSR count). The van der Waals surface area contributed by atoms with E-state index < -0.39 is 0 Å². The van der Waals surface area contributed by atoms with E-state index >= 15 is 0 Å². The van der Waals surface area contributed by atoms with E-state index in [2.05, 4.69) is 17.0 Å². The van der Waals surface area contributed by atoms with Crippen molar-refractivity contribution in [2.45, 2.75) is 38.4 Å². The Kier molecular flexibility index (Phi) is 6.06. The number of carbonyl (C=O) groups excluding carboxylic acids is 1. The summed E-state index contributed by atoms with van der Waals surface area (Å²) in [7, 11) is 0. The maximum absolute atomic E-state index is 13.1. The van der Waals surface area contributed by atoms with Gasteiger partial charge in [0.1, 0.15) is 5.82 Å². The molecule has 0 radical (unpaired) electrons. The maximum atomic E-state index is 13.1. The van der Waals surface area contributed by atoms with Crippen molar-refractivity contribution in [2.24, 2.45) is 0 Å². The number of halogens is 1. The highest BCUT2D eigenvalue weighted by atomic mass is 19.1. The number of aromatic nitrogens is 2. The predicted octanol–water partition coefficient (Wildman–Crippen LogP) is 2.33. The van der Waals surface area contributed by atoms with E-state index in [0.717, 1.165) is 36.1 Å². The molecular formula is C22H27FN4O2. The molecule has 7 heteroatoms. The van der Waals surface area contributed by atoms with Crippen molar-refractivity contribution in [2.75, 3.05) is 26.3 Å². The zero-order valence-corrected chi connectivity index (χ0v) is 16.6. The Balaban J connectivity index is 1.51. The second-order valence-electron chi connectivity index (χ2n) is 7.60. The van der Waals surface area contributed by atoms with Crippen molar-refractivity contribution in [3.8, 4) is 0 Å². The number of morpholine rings is 1. The molecule has 1 aliphatic carbocycles. The number of ether oxygens (including phenoxy) is 1. The predicted molar refractivity (Wildman–Crippen MR) is 108 cm³/mol. The second kappa shape index (κ2) is 8.88. The van der Waals surface area contributed by atoms with Crippen LogP contribution in [0.5, 0.6) is 0 Å². The summed E-state index contributed by atoms with van der Waals surface area (Å²) in [6, 6.07) is 6.81. The number of rotatable bonds is 6. The zero-order valence-electron chi connectivity index (χ0n) is 16.6. The van der Waals surface area contributed by atoms with Gasteiger partial charge in [-0.1, -0.05) is 18.2 Å². The molecule has 1 saturated heterocycles. The number of hydrogen-bond acceptors (Lipinski definition) is 4. The SMILES string of the molecule is C=CCn1nc(C(=O)N2CCOCC2)c2c1CCC(NCc1ccc(F)cc1)C2. The van der Waals surface area contributed by atoms with Crippen LogP contribution in [0.15, 0.2) is 36.9 Å². The molecule has 1 N–H and O–H groups in total. The number of carbonyl (C=O) groups is 1. The molecule has 29 heavy (non-hydrogen) atoms. The summed E-state index contributed by atoms with van der Waals surface area (Å²) in [6.45, 7) is 7.46. The lowest BCUT2D eigenvalue weighted by atomic mass is 9.91. The van der Waals surface area contributed by atoms with E-state index in [1.54, 1.807) is 12.1 Å².